The van der Waals surface area contributed by atoms with E-state index in [2.05, 4.69) is 16.9 Å². The average Bonchev–Trinajstić information content (AvgIpc) is 3.08. The fourth-order valence-electron chi connectivity index (χ4n) is 3.42. The van der Waals surface area contributed by atoms with E-state index < -0.39 is 10.0 Å². The van der Waals surface area contributed by atoms with E-state index >= 15 is 0 Å². The molecule has 1 N–H and O–H groups in total. The molecule has 5 nitrogen and oxygen atoms in total. The summed E-state index contributed by atoms with van der Waals surface area (Å²) in [5.41, 5.74) is 3.70. The summed E-state index contributed by atoms with van der Waals surface area (Å²) in [6.45, 7) is 2.77. The molecule has 2 aromatic carbocycles. The molecule has 1 atom stereocenters. The van der Waals surface area contributed by atoms with Gasteiger partial charge in [0, 0.05) is 12.1 Å². The molecular weight excluding hydrogens is 338 g/mol. The molecule has 25 heavy (non-hydrogen) atoms. The summed E-state index contributed by atoms with van der Waals surface area (Å²) in [6.07, 6.45) is 3.37. The molecule has 1 aliphatic heterocycles. The maximum absolute atomic E-state index is 12.7. The van der Waals surface area contributed by atoms with E-state index in [4.69, 9.17) is 9.47 Å². The molecule has 0 aromatic heterocycles. The van der Waals surface area contributed by atoms with Gasteiger partial charge in [0.2, 0.25) is 10.0 Å². The van der Waals surface area contributed by atoms with Crippen molar-refractivity contribution in [2.24, 2.45) is 0 Å². The van der Waals surface area contributed by atoms with Gasteiger partial charge in [-0.05, 0) is 55.0 Å². The predicted molar refractivity (Wildman–Crippen MR) is 94.6 cm³/mol. The van der Waals surface area contributed by atoms with E-state index in [-0.39, 0.29) is 10.9 Å². The molecule has 1 heterocycles. The molecule has 0 radical (unpaired) electrons. The quantitative estimate of drug-likeness (QED) is 0.911. The van der Waals surface area contributed by atoms with Crippen molar-refractivity contribution in [3.05, 3.63) is 53.1 Å². The molecule has 0 saturated carbocycles. The minimum absolute atomic E-state index is 0.185. The van der Waals surface area contributed by atoms with Crippen molar-refractivity contribution in [1.82, 2.24) is 4.72 Å². The molecule has 0 unspecified atom stereocenters. The van der Waals surface area contributed by atoms with Gasteiger partial charge in [0.05, 0.1) is 4.90 Å². The highest BCUT2D eigenvalue weighted by atomic mass is 32.2. The molecule has 2 aliphatic rings. The van der Waals surface area contributed by atoms with Crippen molar-refractivity contribution >= 4 is 10.0 Å². The third-order valence-corrected chi connectivity index (χ3v) is 6.32. The van der Waals surface area contributed by atoms with Crippen LogP contribution < -0.4 is 14.2 Å². The molecule has 0 amide bonds. The Morgan fingerprint density at radius 1 is 0.960 bits per heavy atom. The summed E-state index contributed by atoms with van der Waals surface area (Å²) in [5, 5.41) is 0. The Morgan fingerprint density at radius 2 is 1.72 bits per heavy atom. The van der Waals surface area contributed by atoms with Gasteiger partial charge < -0.3 is 9.47 Å². The SMILES string of the molecule is C[C@H](NS(=O)(=O)c1ccc2c(c1)OCCO2)c1ccc2c(c1)CCC2. The van der Waals surface area contributed by atoms with Crippen LogP contribution in [0.2, 0.25) is 0 Å². The smallest absolute Gasteiger partial charge is 0.241 e. The van der Waals surface area contributed by atoms with Crippen LogP contribution in [0.4, 0.5) is 0 Å². The lowest BCUT2D eigenvalue weighted by Crippen LogP contribution is -2.27. The zero-order chi connectivity index (χ0) is 17.4. The average molecular weight is 359 g/mol. The van der Waals surface area contributed by atoms with Crippen LogP contribution in [0.5, 0.6) is 11.5 Å². The van der Waals surface area contributed by atoms with E-state index in [1.54, 1.807) is 12.1 Å². The Kier molecular flexibility index (Phi) is 4.17. The van der Waals surface area contributed by atoms with Crippen molar-refractivity contribution in [1.29, 1.82) is 0 Å². The summed E-state index contributed by atoms with van der Waals surface area (Å²) < 4.78 is 39.1. The standard InChI is InChI=1S/C19H21NO4S/c1-13(15-6-5-14-3-2-4-16(14)11-15)20-25(21,22)17-7-8-18-19(12-17)24-10-9-23-18/h5-8,11-13,20H,2-4,9-10H2,1H3/t13-/m0/s1. The summed E-state index contributed by atoms with van der Waals surface area (Å²) in [4.78, 5) is 0.185. The van der Waals surface area contributed by atoms with Crippen molar-refractivity contribution in [2.75, 3.05) is 13.2 Å². The maximum Gasteiger partial charge on any atom is 0.241 e. The Balaban J connectivity index is 1.56. The summed E-state index contributed by atoms with van der Waals surface area (Å²) in [7, 11) is -3.64. The molecule has 132 valence electrons. The normalized spacial score (nSPS) is 17.2. The fourth-order valence-corrected chi connectivity index (χ4v) is 4.67. The van der Waals surface area contributed by atoms with E-state index in [0.717, 1.165) is 18.4 Å². The molecule has 4 rings (SSSR count). The summed E-state index contributed by atoms with van der Waals surface area (Å²) in [6, 6.07) is 10.7. The first-order chi connectivity index (χ1) is 12.0. The van der Waals surface area contributed by atoms with Crippen molar-refractivity contribution in [2.45, 2.75) is 37.1 Å². The minimum Gasteiger partial charge on any atom is -0.486 e. The van der Waals surface area contributed by atoms with Crippen LogP contribution in [0.15, 0.2) is 41.3 Å². The van der Waals surface area contributed by atoms with E-state index in [1.165, 1.54) is 23.6 Å². The van der Waals surface area contributed by atoms with Gasteiger partial charge in [0.15, 0.2) is 11.5 Å². The second-order valence-electron chi connectivity index (χ2n) is 6.53. The second-order valence-corrected chi connectivity index (χ2v) is 8.24. The number of fused-ring (bicyclic) bond motifs is 2. The highest BCUT2D eigenvalue weighted by molar-refractivity contribution is 7.89. The van der Waals surface area contributed by atoms with Crippen LogP contribution in [-0.4, -0.2) is 21.6 Å². The molecule has 0 saturated heterocycles. The zero-order valence-electron chi connectivity index (χ0n) is 14.1. The molecule has 2 aromatic rings. The van der Waals surface area contributed by atoms with E-state index in [9.17, 15) is 8.42 Å². The zero-order valence-corrected chi connectivity index (χ0v) is 14.9. The van der Waals surface area contributed by atoms with Gasteiger partial charge in [-0.1, -0.05) is 18.2 Å². The topological polar surface area (TPSA) is 64.6 Å². The molecule has 1 aliphatic carbocycles. The van der Waals surface area contributed by atoms with Gasteiger partial charge in [-0.25, -0.2) is 13.1 Å². The number of nitrogens with one attached hydrogen (secondary N) is 1. The first kappa shape index (κ1) is 16.4. The molecular formula is C19H21NO4S. The van der Waals surface area contributed by atoms with Crippen LogP contribution >= 0.6 is 0 Å². The Labute approximate surface area is 148 Å². The van der Waals surface area contributed by atoms with Gasteiger partial charge in [0.1, 0.15) is 13.2 Å². The largest absolute Gasteiger partial charge is 0.486 e. The third-order valence-electron chi connectivity index (χ3n) is 4.78. The molecule has 6 heteroatoms. The van der Waals surface area contributed by atoms with Crippen LogP contribution in [0.3, 0.4) is 0 Å². The lowest BCUT2D eigenvalue weighted by atomic mass is 10.0. The van der Waals surface area contributed by atoms with Gasteiger partial charge in [-0.15, -0.1) is 0 Å². The van der Waals surface area contributed by atoms with E-state index in [1.807, 2.05) is 13.0 Å². The van der Waals surface area contributed by atoms with Crippen LogP contribution in [0.1, 0.15) is 36.1 Å². The van der Waals surface area contributed by atoms with Crippen molar-refractivity contribution in [3.63, 3.8) is 0 Å². The number of sulfonamides is 1. The molecule has 0 spiro atoms. The predicted octanol–water partition coefficient (Wildman–Crippen LogP) is 2.99. The van der Waals surface area contributed by atoms with Gasteiger partial charge in [0.25, 0.3) is 0 Å². The number of hydrogen-bond donors (Lipinski definition) is 1. The first-order valence-corrected chi connectivity index (χ1v) is 10.0. The van der Waals surface area contributed by atoms with Crippen molar-refractivity contribution in [3.8, 4) is 11.5 Å². The van der Waals surface area contributed by atoms with Gasteiger partial charge in [-0.2, -0.15) is 0 Å². The van der Waals surface area contributed by atoms with Crippen molar-refractivity contribution < 1.29 is 17.9 Å². The Hall–Kier alpha value is -2.05. The first-order valence-electron chi connectivity index (χ1n) is 8.57. The fraction of sp³-hybridized carbons (Fsp3) is 0.368. The van der Waals surface area contributed by atoms with Gasteiger partial charge in [-0.3, -0.25) is 0 Å². The second kappa shape index (κ2) is 6.35. The lowest BCUT2D eigenvalue weighted by Gasteiger charge is -2.20. The number of ether oxygens (including phenoxy) is 2. The number of rotatable bonds is 4. The van der Waals surface area contributed by atoms with Crippen LogP contribution in [0.25, 0.3) is 0 Å². The highest BCUT2D eigenvalue weighted by Gasteiger charge is 2.22. The van der Waals surface area contributed by atoms with Crippen LogP contribution in [-0.2, 0) is 22.9 Å². The Morgan fingerprint density at radius 3 is 2.56 bits per heavy atom. The molecule has 0 bridgehead atoms. The van der Waals surface area contributed by atoms with Gasteiger partial charge >= 0.3 is 0 Å². The monoisotopic (exact) mass is 359 g/mol. The lowest BCUT2D eigenvalue weighted by molar-refractivity contribution is 0.171. The number of hydrogen-bond acceptors (Lipinski definition) is 4. The van der Waals surface area contributed by atoms with Crippen LogP contribution in [0, 0.1) is 0 Å². The maximum atomic E-state index is 12.7. The molecule has 0 fully saturated rings. The summed E-state index contributed by atoms with van der Waals surface area (Å²) >= 11 is 0. The van der Waals surface area contributed by atoms with E-state index in [0.29, 0.717) is 24.7 Å². The number of aryl methyl sites for hydroxylation is 2. The summed E-state index contributed by atoms with van der Waals surface area (Å²) in [5.74, 6) is 1.05. The highest BCUT2D eigenvalue weighted by Crippen LogP contribution is 2.33. The number of benzene rings is 2. The third kappa shape index (κ3) is 3.24. The Bertz CT molecular complexity index is 908. The minimum atomic E-state index is -3.64.